The highest BCUT2D eigenvalue weighted by molar-refractivity contribution is 6.01. The summed E-state index contributed by atoms with van der Waals surface area (Å²) in [6, 6.07) is 2.48. The minimum atomic E-state index is -0.595. The third-order valence-electron chi connectivity index (χ3n) is 6.04. The molecule has 8 nitrogen and oxygen atoms in total. The first-order valence-electron chi connectivity index (χ1n) is 10.6. The molecule has 2 fully saturated rings. The number of piperidine rings is 2. The van der Waals surface area contributed by atoms with Crippen molar-refractivity contribution in [2.75, 3.05) is 25.0 Å². The number of hydrogen-bond acceptors (Lipinski definition) is 6. The molecule has 4 rings (SSSR count). The van der Waals surface area contributed by atoms with E-state index >= 15 is 4.39 Å². The Morgan fingerprint density at radius 2 is 2.00 bits per heavy atom. The Balaban J connectivity index is 1.46. The van der Waals surface area contributed by atoms with Gasteiger partial charge in [-0.05, 0) is 46.1 Å². The van der Waals surface area contributed by atoms with E-state index in [0.29, 0.717) is 56.0 Å². The van der Waals surface area contributed by atoms with Gasteiger partial charge in [0.2, 0.25) is 11.8 Å². The lowest BCUT2D eigenvalue weighted by molar-refractivity contribution is -0.133. The van der Waals surface area contributed by atoms with Crippen LogP contribution in [-0.2, 0) is 19.7 Å². The highest BCUT2D eigenvalue weighted by Crippen LogP contribution is 2.48. The maximum absolute atomic E-state index is 15.2. The number of carbonyl (C=O) groups is 3. The van der Waals surface area contributed by atoms with Crippen molar-refractivity contribution >= 4 is 23.6 Å². The molecule has 0 bridgehead atoms. The third-order valence-corrected chi connectivity index (χ3v) is 6.04. The van der Waals surface area contributed by atoms with Crippen LogP contribution in [0.2, 0.25) is 0 Å². The lowest BCUT2D eigenvalue weighted by atomic mass is 9.74. The van der Waals surface area contributed by atoms with Crippen LogP contribution in [0.3, 0.4) is 0 Å². The number of rotatable bonds is 2. The average Bonchev–Trinajstić information content (AvgIpc) is 3.02. The molecule has 1 aromatic carbocycles. The number of halogens is 1. The van der Waals surface area contributed by atoms with E-state index in [1.54, 1.807) is 11.0 Å². The van der Waals surface area contributed by atoms with Crippen molar-refractivity contribution < 1.29 is 28.2 Å². The summed E-state index contributed by atoms with van der Waals surface area (Å²) in [7, 11) is 0. The van der Waals surface area contributed by atoms with E-state index in [2.05, 4.69) is 10.6 Å². The molecule has 1 atom stereocenters. The van der Waals surface area contributed by atoms with Crippen molar-refractivity contribution in [2.24, 2.45) is 0 Å². The smallest absolute Gasteiger partial charge is 0.410 e. The zero-order chi connectivity index (χ0) is 22.4. The first kappa shape index (κ1) is 21.4. The standard InChI is InChI=1S/C22H28FN3O5/c1-21(2,3)31-20(29)26-8-6-22(7-9-26)12-30-16-11-13(10-14(23)18(16)22)24-15-4-5-17(27)25-19(15)28/h10-11,15,24H,4-9,12H2,1-3H3,(H,25,27,28). The maximum atomic E-state index is 15.2. The minimum absolute atomic E-state index is 0.241. The van der Waals surface area contributed by atoms with Crippen LogP contribution in [0.25, 0.3) is 0 Å². The Labute approximate surface area is 180 Å². The molecule has 0 aromatic heterocycles. The van der Waals surface area contributed by atoms with Crippen molar-refractivity contribution in [1.82, 2.24) is 10.2 Å². The molecule has 2 N–H and O–H groups in total. The van der Waals surface area contributed by atoms with Gasteiger partial charge in [-0.3, -0.25) is 14.9 Å². The first-order valence-corrected chi connectivity index (χ1v) is 10.6. The molecule has 0 aliphatic carbocycles. The molecule has 3 amide bonds. The van der Waals surface area contributed by atoms with Crippen LogP contribution in [0.15, 0.2) is 12.1 Å². The Kier molecular flexibility index (Phi) is 5.31. The number of imide groups is 1. The molecule has 1 unspecified atom stereocenters. The Morgan fingerprint density at radius 3 is 2.65 bits per heavy atom. The summed E-state index contributed by atoms with van der Waals surface area (Å²) in [5, 5.41) is 5.29. The van der Waals surface area contributed by atoms with Gasteiger partial charge in [0.05, 0.1) is 6.61 Å². The molecule has 1 spiro atoms. The SMILES string of the molecule is CC(C)(C)OC(=O)N1CCC2(CC1)COc1cc(NC3CCC(=O)NC3=O)cc(F)c12. The Bertz CT molecular complexity index is 918. The van der Waals surface area contributed by atoms with Gasteiger partial charge in [0.15, 0.2) is 0 Å². The highest BCUT2D eigenvalue weighted by Gasteiger charge is 2.46. The van der Waals surface area contributed by atoms with E-state index in [9.17, 15) is 14.4 Å². The van der Waals surface area contributed by atoms with Gasteiger partial charge >= 0.3 is 6.09 Å². The predicted molar refractivity (Wildman–Crippen MR) is 110 cm³/mol. The van der Waals surface area contributed by atoms with Gasteiger partial charge in [-0.15, -0.1) is 0 Å². The molecule has 0 radical (unpaired) electrons. The summed E-state index contributed by atoms with van der Waals surface area (Å²) < 4.78 is 26.5. The molecule has 3 heterocycles. The van der Waals surface area contributed by atoms with E-state index in [0.717, 1.165) is 0 Å². The fourth-order valence-electron chi connectivity index (χ4n) is 4.45. The van der Waals surface area contributed by atoms with Gasteiger partial charge in [0, 0.05) is 42.2 Å². The summed E-state index contributed by atoms with van der Waals surface area (Å²) in [5.74, 6) is -0.647. The number of ether oxygens (including phenoxy) is 2. The summed E-state index contributed by atoms with van der Waals surface area (Å²) >= 11 is 0. The largest absolute Gasteiger partial charge is 0.492 e. The highest BCUT2D eigenvalue weighted by atomic mass is 19.1. The van der Waals surface area contributed by atoms with E-state index in [-0.39, 0.29) is 18.4 Å². The molecule has 0 saturated carbocycles. The van der Waals surface area contributed by atoms with Crippen LogP contribution in [0.1, 0.15) is 52.0 Å². The fraction of sp³-hybridized carbons (Fsp3) is 0.591. The van der Waals surface area contributed by atoms with Crippen molar-refractivity contribution in [3.8, 4) is 5.75 Å². The lowest BCUT2D eigenvalue weighted by Gasteiger charge is -2.39. The summed E-state index contributed by atoms with van der Waals surface area (Å²) in [6.07, 6.45) is 1.40. The van der Waals surface area contributed by atoms with Crippen molar-refractivity contribution in [1.29, 1.82) is 0 Å². The minimum Gasteiger partial charge on any atom is -0.492 e. The zero-order valence-corrected chi connectivity index (χ0v) is 18.0. The summed E-state index contributed by atoms with van der Waals surface area (Å²) in [6.45, 7) is 6.76. The number of likely N-dealkylation sites (tertiary alicyclic amines) is 1. The van der Waals surface area contributed by atoms with Crippen LogP contribution in [0.4, 0.5) is 14.9 Å². The number of nitrogens with one attached hydrogen (secondary N) is 2. The maximum Gasteiger partial charge on any atom is 0.410 e. The quantitative estimate of drug-likeness (QED) is 0.696. The van der Waals surface area contributed by atoms with E-state index < -0.39 is 28.8 Å². The number of fused-ring (bicyclic) bond motifs is 2. The van der Waals surface area contributed by atoms with Crippen LogP contribution in [-0.4, -0.2) is 54.1 Å². The fourth-order valence-corrected chi connectivity index (χ4v) is 4.45. The number of hydrogen-bond donors (Lipinski definition) is 2. The molecule has 3 aliphatic heterocycles. The average molecular weight is 433 g/mol. The molecular weight excluding hydrogens is 405 g/mol. The Hall–Kier alpha value is -2.84. The van der Waals surface area contributed by atoms with Gasteiger partial charge in [0.25, 0.3) is 0 Å². The third kappa shape index (κ3) is 4.31. The van der Waals surface area contributed by atoms with Gasteiger partial charge in [-0.1, -0.05) is 0 Å². The number of carbonyl (C=O) groups excluding carboxylic acids is 3. The zero-order valence-electron chi connectivity index (χ0n) is 18.0. The normalized spacial score (nSPS) is 22.6. The van der Waals surface area contributed by atoms with E-state index in [4.69, 9.17) is 9.47 Å². The van der Waals surface area contributed by atoms with Gasteiger partial charge in [-0.25, -0.2) is 9.18 Å². The second kappa shape index (κ2) is 7.69. The van der Waals surface area contributed by atoms with Crippen LogP contribution in [0, 0.1) is 5.82 Å². The monoisotopic (exact) mass is 433 g/mol. The number of benzene rings is 1. The number of amides is 3. The van der Waals surface area contributed by atoms with Crippen molar-refractivity contribution in [3.05, 3.63) is 23.5 Å². The van der Waals surface area contributed by atoms with E-state index in [1.807, 2.05) is 20.8 Å². The van der Waals surface area contributed by atoms with Gasteiger partial charge < -0.3 is 19.7 Å². The Morgan fingerprint density at radius 1 is 1.29 bits per heavy atom. The van der Waals surface area contributed by atoms with Crippen molar-refractivity contribution in [2.45, 2.75) is 63.5 Å². The summed E-state index contributed by atoms with van der Waals surface area (Å²) in [5.41, 5.74) is -0.0718. The topological polar surface area (TPSA) is 97.0 Å². The molecule has 3 aliphatic rings. The van der Waals surface area contributed by atoms with Crippen molar-refractivity contribution in [3.63, 3.8) is 0 Å². The van der Waals surface area contributed by atoms with E-state index in [1.165, 1.54) is 6.07 Å². The second-order valence-corrected chi connectivity index (χ2v) is 9.52. The van der Waals surface area contributed by atoms with Crippen LogP contribution < -0.4 is 15.4 Å². The predicted octanol–water partition coefficient (Wildman–Crippen LogP) is 2.70. The molecule has 168 valence electrons. The van der Waals surface area contributed by atoms with Crippen LogP contribution in [0.5, 0.6) is 5.75 Å². The lowest BCUT2D eigenvalue weighted by Crippen LogP contribution is -2.47. The van der Waals surface area contributed by atoms with Gasteiger partial charge in [0.1, 0.15) is 23.2 Å². The first-order chi connectivity index (χ1) is 14.6. The molecule has 9 heteroatoms. The summed E-state index contributed by atoms with van der Waals surface area (Å²) in [4.78, 5) is 37.3. The molecule has 1 aromatic rings. The van der Waals surface area contributed by atoms with Crippen LogP contribution >= 0.6 is 0 Å². The molecule has 2 saturated heterocycles. The second-order valence-electron chi connectivity index (χ2n) is 9.52. The number of anilines is 1. The number of nitrogens with zero attached hydrogens (tertiary/aromatic N) is 1. The van der Waals surface area contributed by atoms with Gasteiger partial charge in [-0.2, -0.15) is 0 Å². The molecular formula is C22H28FN3O5. The molecule has 31 heavy (non-hydrogen) atoms.